The van der Waals surface area contributed by atoms with Gasteiger partial charge in [-0.3, -0.25) is 9.59 Å². The highest BCUT2D eigenvalue weighted by atomic mass is 16.5. The Morgan fingerprint density at radius 2 is 2.20 bits per heavy atom. The van der Waals surface area contributed by atoms with Crippen LogP contribution in [0.5, 0.6) is 0 Å². The number of ether oxygens (including phenoxy) is 1. The molecular formula is C12H18O3. The van der Waals surface area contributed by atoms with Crippen LogP contribution in [0, 0.1) is 11.8 Å². The third kappa shape index (κ3) is 3.18. The fourth-order valence-electron chi connectivity index (χ4n) is 2.05. The van der Waals surface area contributed by atoms with Crippen molar-refractivity contribution in [2.75, 3.05) is 7.11 Å². The molecule has 0 aromatic rings. The lowest BCUT2D eigenvalue weighted by Gasteiger charge is -2.13. The van der Waals surface area contributed by atoms with Gasteiger partial charge < -0.3 is 4.74 Å². The smallest absolute Gasteiger partial charge is 0.305 e. The molecule has 2 atom stereocenters. The number of ketones is 1. The summed E-state index contributed by atoms with van der Waals surface area (Å²) < 4.78 is 4.63. The highest BCUT2D eigenvalue weighted by Crippen LogP contribution is 2.33. The number of methoxy groups -OCH3 is 1. The number of Topliss-reactive ketones (excluding diaryl/α,β-unsaturated/α-hetero) is 1. The lowest BCUT2D eigenvalue weighted by atomic mass is 9.91. The molecule has 0 aliphatic heterocycles. The number of rotatable bonds is 3. The minimum Gasteiger partial charge on any atom is -0.469 e. The molecule has 15 heavy (non-hydrogen) atoms. The van der Waals surface area contributed by atoms with Crippen LogP contribution in [-0.4, -0.2) is 18.9 Å². The third-order valence-electron chi connectivity index (χ3n) is 2.81. The number of carbonyl (C=O) groups excluding carboxylic acids is 2. The molecule has 3 nitrogen and oxygen atoms in total. The molecule has 0 unspecified atom stereocenters. The van der Waals surface area contributed by atoms with Crippen molar-refractivity contribution in [2.24, 2.45) is 11.8 Å². The third-order valence-corrected chi connectivity index (χ3v) is 2.81. The van der Waals surface area contributed by atoms with Crippen LogP contribution >= 0.6 is 0 Å². The van der Waals surface area contributed by atoms with Gasteiger partial charge in [-0.05, 0) is 26.2 Å². The average molecular weight is 210 g/mol. The maximum absolute atomic E-state index is 11.6. The SMILES string of the molecule is COC(=O)C[C@@H]1CCC(=O)[C@H]1C=C(C)C. The molecule has 1 aliphatic carbocycles. The fraction of sp³-hybridized carbons (Fsp3) is 0.667. The fourth-order valence-corrected chi connectivity index (χ4v) is 2.05. The first-order valence-corrected chi connectivity index (χ1v) is 5.29. The van der Waals surface area contributed by atoms with E-state index in [1.165, 1.54) is 7.11 Å². The Balaban J connectivity index is 2.68. The van der Waals surface area contributed by atoms with E-state index in [1.54, 1.807) is 0 Å². The van der Waals surface area contributed by atoms with Crippen LogP contribution < -0.4 is 0 Å². The monoisotopic (exact) mass is 210 g/mol. The predicted molar refractivity (Wildman–Crippen MR) is 57.3 cm³/mol. The van der Waals surface area contributed by atoms with Crippen molar-refractivity contribution in [3.8, 4) is 0 Å². The molecule has 0 saturated heterocycles. The first-order chi connectivity index (χ1) is 7.04. The van der Waals surface area contributed by atoms with E-state index in [1.807, 2.05) is 19.9 Å². The van der Waals surface area contributed by atoms with Gasteiger partial charge in [0.2, 0.25) is 0 Å². The predicted octanol–water partition coefficient (Wildman–Crippen LogP) is 2.11. The van der Waals surface area contributed by atoms with Gasteiger partial charge >= 0.3 is 5.97 Å². The zero-order chi connectivity index (χ0) is 11.4. The molecule has 1 fully saturated rings. The summed E-state index contributed by atoms with van der Waals surface area (Å²) in [5.41, 5.74) is 1.13. The Morgan fingerprint density at radius 3 is 2.73 bits per heavy atom. The molecule has 0 aromatic carbocycles. The summed E-state index contributed by atoms with van der Waals surface area (Å²) in [6, 6.07) is 0. The van der Waals surface area contributed by atoms with Crippen molar-refractivity contribution in [3.05, 3.63) is 11.6 Å². The normalized spacial score (nSPS) is 25.1. The second kappa shape index (κ2) is 5.10. The van der Waals surface area contributed by atoms with Crippen LogP contribution in [0.1, 0.15) is 33.1 Å². The Labute approximate surface area is 90.5 Å². The zero-order valence-corrected chi connectivity index (χ0v) is 9.58. The minimum absolute atomic E-state index is 0.0749. The van der Waals surface area contributed by atoms with Crippen molar-refractivity contribution in [1.29, 1.82) is 0 Å². The van der Waals surface area contributed by atoms with Crippen molar-refractivity contribution in [1.82, 2.24) is 0 Å². The zero-order valence-electron chi connectivity index (χ0n) is 9.58. The topological polar surface area (TPSA) is 43.4 Å². The molecule has 0 heterocycles. The van der Waals surface area contributed by atoms with Crippen LogP contribution in [0.15, 0.2) is 11.6 Å². The molecule has 0 N–H and O–H groups in total. The van der Waals surface area contributed by atoms with E-state index in [0.29, 0.717) is 12.8 Å². The quantitative estimate of drug-likeness (QED) is 0.529. The molecule has 0 spiro atoms. The molecule has 0 amide bonds. The Kier molecular flexibility index (Phi) is 4.06. The number of esters is 1. The van der Waals surface area contributed by atoms with E-state index in [2.05, 4.69) is 4.74 Å². The van der Waals surface area contributed by atoms with Gasteiger partial charge in [0.05, 0.1) is 7.11 Å². The maximum atomic E-state index is 11.6. The summed E-state index contributed by atoms with van der Waals surface area (Å²) in [5, 5.41) is 0. The average Bonchev–Trinajstić information content (AvgIpc) is 2.49. The molecule has 0 radical (unpaired) electrons. The number of hydrogen-bond acceptors (Lipinski definition) is 3. The molecule has 0 bridgehead atoms. The summed E-state index contributed by atoms with van der Waals surface area (Å²) in [7, 11) is 1.38. The van der Waals surface area contributed by atoms with Gasteiger partial charge in [0.1, 0.15) is 5.78 Å². The van der Waals surface area contributed by atoms with Crippen LogP contribution in [0.2, 0.25) is 0 Å². The summed E-state index contributed by atoms with van der Waals surface area (Å²) >= 11 is 0. The van der Waals surface area contributed by atoms with E-state index < -0.39 is 0 Å². The summed E-state index contributed by atoms with van der Waals surface area (Å²) in [4.78, 5) is 22.7. The molecule has 1 saturated carbocycles. The summed E-state index contributed by atoms with van der Waals surface area (Å²) in [5.74, 6) is 0.0981. The molecule has 3 heteroatoms. The van der Waals surface area contributed by atoms with Gasteiger partial charge in [0, 0.05) is 18.8 Å². The van der Waals surface area contributed by atoms with E-state index in [4.69, 9.17) is 0 Å². The van der Waals surface area contributed by atoms with Gasteiger partial charge in [-0.25, -0.2) is 0 Å². The maximum Gasteiger partial charge on any atom is 0.305 e. The number of allylic oxidation sites excluding steroid dienone is 2. The largest absolute Gasteiger partial charge is 0.469 e. The van der Waals surface area contributed by atoms with Gasteiger partial charge in [-0.15, -0.1) is 0 Å². The first kappa shape index (κ1) is 12.0. The number of hydrogen-bond donors (Lipinski definition) is 0. The Morgan fingerprint density at radius 1 is 1.53 bits per heavy atom. The first-order valence-electron chi connectivity index (χ1n) is 5.29. The Hall–Kier alpha value is -1.12. The van der Waals surface area contributed by atoms with Gasteiger partial charge in [-0.2, -0.15) is 0 Å². The second-order valence-electron chi connectivity index (χ2n) is 4.32. The number of carbonyl (C=O) groups is 2. The highest BCUT2D eigenvalue weighted by Gasteiger charge is 2.34. The van der Waals surface area contributed by atoms with Gasteiger partial charge in [0.25, 0.3) is 0 Å². The van der Waals surface area contributed by atoms with Crippen LogP contribution in [0.25, 0.3) is 0 Å². The van der Waals surface area contributed by atoms with E-state index in [-0.39, 0.29) is 23.6 Å². The lowest BCUT2D eigenvalue weighted by molar-refractivity contribution is -0.141. The minimum atomic E-state index is -0.221. The van der Waals surface area contributed by atoms with Crippen LogP contribution in [-0.2, 0) is 14.3 Å². The molecule has 1 aliphatic rings. The van der Waals surface area contributed by atoms with Crippen molar-refractivity contribution in [2.45, 2.75) is 33.1 Å². The molecular weight excluding hydrogens is 192 g/mol. The Bertz CT molecular complexity index is 287. The standard InChI is InChI=1S/C12H18O3/c1-8(2)6-10-9(4-5-11(10)13)7-12(14)15-3/h6,9-10H,4-5,7H2,1-3H3/t9-,10-/m0/s1. The lowest BCUT2D eigenvalue weighted by Crippen LogP contribution is -2.16. The summed E-state index contributed by atoms with van der Waals surface area (Å²) in [6.07, 6.45) is 3.73. The van der Waals surface area contributed by atoms with Crippen molar-refractivity contribution in [3.63, 3.8) is 0 Å². The van der Waals surface area contributed by atoms with Crippen LogP contribution in [0.3, 0.4) is 0 Å². The van der Waals surface area contributed by atoms with Gasteiger partial charge in [0.15, 0.2) is 0 Å². The highest BCUT2D eigenvalue weighted by molar-refractivity contribution is 5.86. The van der Waals surface area contributed by atoms with Crippen LogP contribution in [0.4, 0.5) is 0 Å². The van der Waals surface area contributed by atoms with E-state index in [9.17, 15) is 9.59 Å². The second-order valence-corrected chi connectivity index (χ2v) is 4.32. The van der Waals surface area contributed by atoms with E-state index in [0.717, 1.165) is 12.0 Å². The van der Waals surface area contributed by atoms with Gasteiger partial charge in [-0.1, -0.05) is 11.6 Å². The van der Waals surface area contributed by atoms with E-state index >= 15 is 0 Å². The van der Waals surface area contributed by atoms with Crippen molar-refractivity contribution < 1.29 is 14.3 Å². The molecule has 0 aromatic heterocycles. The summed E-state index contributed by atoms with van der Waals surface area (Å²) in [6.45, 7) is 3.95. The molecule has 1 rings (SSSR count). The molecule has 84 valence electrons. The van der Waals surface area contributed by atoms with Crippen molar-refractivity contribution >= 4 is 11.8 Å².